The van der Waals surface area contributed by atoms with Crippen LogP contribution in [0.3, 0.4) is 0 Å². The van der Waals surface area contributed by atoms with Gasteiger partial charge >= 0.3 is 0 Å². The third-order valence-corrected chi connectivity index (χ3v) is 3.95. The van der Waals surface area contributed by atoms with E-state index >= 15 is 0 Å². The van der Waals surface area contributed by atoms with Gasteiger partial charge in [0.15, 0.2) is 0 Å². The van der Waals surface area contributed by atoms with Crippen molar-refractivity contribution < 1.29 is 4.79 Å². The van der Waals surface area contributed by atoms with E-state index < -0.39 is 0 Å². The van der Waals surface area contributed by atoms with Gasteiger partial charge in [0.05, 0.1) is 11.3 Å². The Hall–Kier alpha value is -1.42. The van der Waals surface area contributed by atoms with Crippen molar-refractivity contribution >= 4 is 5.91 Å². The molecule has 2 fully saturated rings. The van der Waals surface area contributed by atoms with Crippen molar-refractivity contribution in [3.05, 3.63) is 29.1 Å². The minimum absolute atomic E-state index is 0.0588. The molecule has 2 N–H and O–H groups in total. The quantitative estimate of drug-likeness (QED) is 0.869. The fourth-order valence-corrected chi connectivity index (χ4v) is 2.67. The minimum atomic E-state index is 0.0588. The number of piperidine rings is 1. The predicted molar refractivity (Wildman–Crippen MR) is 74.3 cm³/mol. The van der Waals surface area contributed by atoms with Crippen molar-refractivity contribution in [1.82, 2.24) is 15.6 Å². The molecule has 0 atom stereocenters. The number of aryl methyl sites for hydroxylation is 1. The molecule has 0 bridgehead atoms. The van der Waals surface area contributed by atoms with Crippen LogP contribution in [0, 0.1) is 6.92 Å². The number of nitrogens with one attached hydrogen (secondary N) is 2. The number of hydrogen-bond acceptors (Lipinski definition) is 3. The maximum atomic E-state index is 12.3. The van der Waals surface area contributed by atoms with Gasteiger partial charge in [0.25, 0.3) is 5.91 Å². The number of carbonyl (C=O) groups excluding carboxylic acids is 1. The zero-order chi connectivity index (χ0) is 13.2. The molecule has 1 aliphatic carbocycles. The SMILES string of the molecule is Cc1ccc(C(=O)NC2CC2)c(C2CCNCC2)n1. The van der Waals surface area contributed by atoms with Gasteiger partial charge in [-0.1, -0.05) is 0 Å². The van der Waals surface area contributed by atoms with Gasteiger partial charge in [-0.25, -0.2) is 0 Å². The van der Waals surface area contributed by atoms with Gasteiger partial charge in [-0.3, -0.25) is 9.78 Å². The summed E-state index contributed by atoms with van der Waals surface area (Å²) in [5.41, 5.74) is 2.78. The Morgan fingerprint density at radius 1 is 1.26 bits per heavy atom. The van der Waals surface area contributed by atoms with E-state index in [0.29, 0.717) is 12.0 Å². The van der Waals surface area contributed by atoms with E-state index in [-0.39, 0.29) is 5.91 Å². The molecule has 0 unspecified atom stereocenters. The van der Waals surface area contributed by atoms with E-state index in [0.717, 1.165) is 55.7 Å². The van der Waals surface area contributed by atoms with E-state index in [4.69, 9.17) is 0 Å². The van der Waals surface area contributed by atoms with Gasteiger partial charge in [0.1, 0.15) is 0 Å². The number of hydrogen-bond donors (Lipinski definition) is 2. The predicted octanol–water partition coefficient (Wildman–Crippen LogP) is 1.75. The van der Waals surface area contributed by atoms with Crippen LogP contribution < -0.4 is 10.6 Å². The second-order valence-electron chi connectivity index (χ2n) is 5.66. The molecular weight excluding hydrogens is 238 g/mol. The van der Waals surface area contributed by atoms with Gasteiger partial charge in [0, 0.05) is 17.7 Å². The van der Waals surface area contributed by atoms with Crippen LogP contribution in [0.2, 0.25) is 0 Å². The summed E-state index contributed by atoms with van der Waals surface area (Å²) in [6.07, 6.45) is 4.38. The molecule has 4 heteroatoms. The van der Waals surface area contributed by atoms with Crippen molar-refractivity contribution in [1.29, 1.82) is 0 Å². The molecule has 1 saturated carbocycles. The molecule has 1 saturated heterocycles. The van der Waals surface area contributed by atoms with Crippen LogP contribution in [-0.2, 0) is 0 Å². The number of carbonyl (C=O) groups is 1. The first-order valence-corrected chi connectivity index (χ1v) is 7.23. The summed E-state index contributed by atoms with van der Waals surface area (Å²) in [5, 5.41) is 6.44. The zero-order valence-electron chi connectivity index (χ0n) is 11.4. The lowest BCUT2D eigenvalue weighted by Crippen LogP contribution is -2.31. The third kappa shape index (κ3) is 2.95. The molecule has 0 spiro atoms. The van der Waals surface area contributed by atoms with Crippen molar-refractivity contribution in [2.24, 2.45) is 0 Å². The third-order valence-electron chi connectivity index (χ3n) is 3.95. The molecule has 3 rings (SSSR count). The number of aromatic nitrogens is 1. The van der Waals surface area contributed by atoms with Gasteiger partial charge in [-0.05, 0) is 57.8 Å². The Kier molecular flexibility index (Phi) is 3.51. The molecule has 19 heavy (non-hydrogen) atoms. The van der Waals surface area contributed by atoms with E-state index in [1.54, 1.807) is 0 Å². The Morgan fingerprint density at radius 2 is 2.00 bits per heavy atom. The Labute approximate surface area is 114 Å². The monoisotopic (exact) mass is 259 g/mol. The fraction of sp³-hybridized carbons (Fsp3) is 0.600. The highest BCUT2D eigenvalue weighted by molar-refractivity contribution is 5.95. The van der Waals surface area contributed by atoms with Crippen molar-refractivity contribution in [2.75, 3.05) is 13.1 Å². The summed E-state index contributed by atoms with van der Waals surface area (Å²) in [4.78, 5) is 17.0. The van der Waals surface area contributed by atoms with Crippen molar-refractivity contribution in [3.8, 4) is 0 Å². The molecular formula is C15H21N3O. The molecule has 1 amide bonds. The highest BCUT2D eigenvalue weighted by atomic mass is 16.1. The molecule has 4 nitrogen and oxygen atoms in total. The number of pyridine rings is 1. The smallest absolute Gasteiger partial charge is 0.253 e. The molecule has 2 aliphatic rings. The molecule has 2 heterocycles. The molecule has 0 radical (unpaired) electrons. The summed E-state index contributed by atoms with van der Waals surface area (Å²) in [6, 6.07) is 4.28. The van der Waals surface area contributed by atoms with Crippen molar-refractivity contribution in [3.63, 3.8) is 0 Å². The first kappa shape index (κ1) is 12.6. The largest absolute Gasteiger partial charge is 0.349 e. The van der Waals surface area contributed by atoms with Crippen LogP contribution in [-0.4, -0.2) is 30.0 Å². The summed E-state index contributed by atoms with van der Waals surface area (Å²) in [5.74, 6) is 0.477. The highest BCUT2D eigenvalue weighted by Gasteiger charge is 2.27. The van der Waals surface area contributed by atoms with E-state index in [2.05, 4.69) is 15.6 Å². The summed E-state index contributed by atoms with van der Waals surface area (Å²) < 4.78 is 0. The molecule has 1 aromatic rings. The van der Waals surface area contributed by atoms with Crippen molar-refractivity contribution in [2.45, 2.75) is 44.6 Å². The Morgan fingerprint density at radius 3 is 2.68 bits per heavy atom. The normalized spacial score (nSPS) is 20.3. The average molecular weight is 259 g/mol. The van der Waals surface area contributed by atoms with Gasteiger partial charge in [-0.15, -0.1) is 0 Å². The van der Waals surface area contributed by atoms with Crippen LogP contribution in [0.5, 0.6) is 0 Å². The van der Waals surface area contributed by atoms with Gasteiger partial charge in [-0.2, -0.15) is 0 Å². The molecule has 0 aromatic carbocycles. The maximum absolute atomic E-state index is 12.3. The van der Waals surface area contributed by atoms with E-state index in [9.17, 15) is 4.79 Å². The lowest BCUT2D eigenvalue weighted by molar-refractivity contribution is 0.0949. The highest BCUT2D eigenvalue weighted by Crippen LogP contribution is 2.27. The lowest BCUT2D eigenvalue weighted by atomic mass is 9.90. The first-order valence-electron chi connectivity index (χ1n) is 7.23. The topological polar surface area (TPSA) is 54.0 Å². The summed E-state index contributed by atoms with van der Waals surface area (Å²) in [7, 11) is 0. The first-order chi connectivity index (χ1) is 9.24. The summed E-state index contributed by atoms with van der Waals surface area (Å²) >= 11 is 0. The van der Waals surface area contributed by atoms with Crippen LogP contribution in [0.4, 0.5) is 0 Å². The summed E-state index contributed by atoms with van der Waals surface area (Å²) in [6.45, 7) is 4.03. The second kappa shape index (κ2) is 5.29. The van der Waals surface area contributed by atoms with Crippen LogP contribution in [0.25, 0.3) is 0 Å². The zero-order valence-corrected chi connectivity index (χ0v) is 11.4. The molecule has 1 aromatic heterocycles. The number of nitrogens with zero attached hydrogens (tertiary/aromatic N) is 1. The van der Waals surface area contributed by atoms with Gasteiger partial charge in [0.2, 0.25) is 0 Å². The average Bonchev–Trinajstić information content (AvgIpc) is 3.23. The van der Waals surface area contributed by atoms with Crippen LogP contribution >= 0.6 is 0 Å². The Bertz CT molecular complexity index is 476. The van der Waals surface area contributed by atoms with E-state index in [1.165, 1.54) is 0 Å². The van der Waals surface area contributed by atoms with E-state index in [1.807, 2.05) is 19.1 Å². The molecule has 102 valence electrons. The second-order valence-corrected chi connectivity index (χ2v) is 5.66. The maximum Gasteiger partial charge on any atom is 0.253 e. The standard InChI is InChI=1S/C15H21N3O/c1-10-2-5-13(15(19)18-12-3-4-12)14(17-10)11-6-8-16-9-7-11/h2,5,11-12,16H,3-4,6-9H2,1H3,(H,18,19). The number of rotatable bonds is 3. The minimum Gasteiger partial charge on any atom is -0.349 e. The fourth-order valence-electron chi connectivity index (χ4n) is 2.67. The number of amides is 1. The Balaban J connectivity index is 1.86. The lowest BCUT2D eigenvalue weighted by Gasteiger charge is -2.24. The van der Waals surface area contributed by atoms with Crippen LogP contribution in [0.1, 0.15) is 53.3 Å². The molecule has 1 aliphatic heterocycles. The van der Waals surface area contributed by atoms with Gasteiger partial charge < -0.3 is 10.6 Å². The van der Waals surface area contributed by atoms with Crippen LogP contribution in [0.15, 0.2) is 12.1 Å².